The highest BCUT2D eigenvalue weighted by molar-refractivity contribution is 5.91. The molecule has 0 amide bonds. The van der Waals surface area contributed by atoms with Crippen molar-refractivity contribution in [2.24, 2.45) is 5.92 Å². The number of ether oxygens (including phenoxy) is 2. The van der Waals surface area contributed by atoms with Crippen LogP contribution in [0.1, 0.15) is 43.7 Å². The predicted octanol–water partition coefficient (Wildman–Crippen LogP) is 4.46. The molecular weight excluding hydrogens is 288 g/mol. The smallest absolute Gasteiger partial charge is 0.164 e. The van der Waals surface area contributed by atoms with E-state index < -0.39 is 0 Å². The van der Waals surface area contributed by atoms with Gasteiger partial charge in [-0.2, -0.15) is 0 Å². The summed E-state index contributed by atoms with van der Waals surface area (Å²) >= 11 is 0. The number of allylic oxidation sites excluding steroid dienone is 3. The largest absolute Gasteiger partial charge is 0.493 e. The molecule has 3 heteroatoms. The maximum atomic E-state index is 11.6. The molecule has 124 valence electrons. The standard InChI is InChI=1S/C20H26O3/c1-6-14-12-17(21)9-7-15(14)11-16-8-10-18(13(2)3)20(23-5)19(16)22-4/h6,8,10,12-13,15H,1,7,9,11H2,2-5H3. The van der Waals surface area contributed by atoms with E-state index in [1.165, 1.54) is 0 Å². The van der Waals surface area contributed by atoms with E-state index >= 15 is 0 Å². The van der Waals surface area contributed by atoms with Gasteiger partial charge in [-0.05, 0) is 41.9 Å². The van der Waals surface area contributed by atoms with Gasteiger partial charge in [-0.1, -0.05) is 38.6 Å². The van der Waals surface area contributed by atoms with Gasteiger partial charge >= 0.3 is 0 Å². The number of ketones is 1. The third kappa shape index (κ3) is 3.66. The summed E-state index contributed by atoms with van der Waals surface area (Å²) in [6.45, 7) is 8.13. The average molecular weight is 314 g/mol. The third-order valence-corrected chi connectivity index (χ3v) is 4.49. The Labute approximate surface area is 139 Å². The van der Waals surface area contributed by atoms with Crippen molar-refractivity contribution in [2.45, 2.75) is 39.0 Å². The summed E-state index contributed by atoms with van der Waals surface area (Å²) in [5, 5.41) is 0. The fourth-order valence-electron chi connectivity index (χ4n) is 3.24. The second-order valence-electron chi connectivity index (χ2n) is 6.29. The highest BCUT2D eigenvalue weighted by atomic mass is 16.5. The first-order valence-corrected chi connectivity index (χ1v) is 8.12. The van der Waals surface area contributed by atoms with Gasteiger partial charge in [-0.3, -0.25) is 4.79 Å². The Morgan fingerprint density at radius 2 is 1.96 bits per heavy atom. The normalized spacial score (nSPS) is 17.9. The van der Waals surface area contributed by atoms with Gasteiger partial charge < -0.3 is 9.47 Å². The zero-order valence-electron chi connectivity index (χ0n) is 14.5. The van der Waals surface area contributed by atoms with Gasteiger partial charge in [0.25, 0.3) is 0 Å². The van der Waals surface area contributed by atoms with Crippen LogP contribution in [0, 0.1) is 5.92 Å². The van der Waals surface area contributed by atoms with Crippen LogP contribution in [0.3, 0.4) is 0 Å². The number of carbonyl (C=O) groups excluding carboxylic acids is 1. The lowest BCUT2D eigenvalue weighted by atomic mass is 9.82. The Morgan fingerprint density at radius 1 is 1.26 bits per heavy atom. The van der Waals surface area contributed by atoms with Crippen LogP contribution in [0.2, 0.25) is 0 Å². The van der Waals surface area contributed by atoms with Crippen molar-refractivity contribution in [1.29, 1.82) is 0 Å². The Kier molecular flexibility index (Phi) is 5.64. The van der Waals surface area contributed by atoms with Crippen LogP contribution in [0.15, 0.2) is 36.4 Å². The van der Waals surface area contributed by atoms with Crippen LogP contribution in [-0.2, 0) is 11.2 Å². The van der Waals surface area contributed by atoms with E-state index in [0.717, 1.165) is 41.0 Å². The zero-order valence-corrected chi connectivity index (χ0v) is 14.5. The Bertz CT molecular complexity index is 626. The van der Waals surface area contributed by atoms with Crippen LogP contribution < -0.4 is 9.47 Å². The van der Waals surface area contributed by atoms with Crippen LogP contribution >= 0.6 is 0 Å². The molecule has 0 aliphatic heterocycles. The molecule has 0 fully saturated rings. The van der Waals surface area contributed by atoms with Gasteiger partial charge in [0.15, 0.2) is 17.3 Å². The van der Waals surface area contributed by atoms with E-state index in [9.17, 15) is 4.79 Å². The average Bonchev–Trinajstić information content (AvgIpc) is 2.55. The summed E-state index contributed by atoms with van der Waals surface area (Å²) in [6, 6.07) is 4.24. The highest BCUT2D eigenvalue weighted by Crippen LogP contribution is 2.40. The molecule has 0 saturated heterocycles. The minimum absolute atomic E-state index is 0.191. The minimum Gasteiger partial charge on any atom is -0.493 e. The molecule has 1 atom stereocenters. The monoisotopic (exact) mass is 314 g/mol. The maximum Gasteiger partial charge on any atom is 0.164 e. The molecule has 0 aromatic heterocycles. The van der Waals surface area contributed by atoms with E-state index in [2.05, 4.69) is 32.6 Å². The lowest BCUT2D eigenvalue weighted by Crippen LogP contribution is -2.16. The van der Waals surface area contributed by atoms with Crippen molar-refractivity contribution < 1.29 is 14.3 Å². The summed E-state index contributed by atoms with van der Waals surface area (Å²) in [7, 11) is 3.36. The molecule has 3 nitrogen and oxygen atoms in total. The molecule has 1 aromatic carbocycles. The highest BCUT2D eigenvalue weighted by Gasteiger charge is 2.23. The molecule has 0 heterocycles. The number of carbonyl (C=O) groups is 1. The first-order chi connectivity index (χ1) is 11.0. The summed E-state index contributed by atoms with van der Waals surface area (Å²) < 4.78 is 11.3. The molecule has 0 bridgehead atoms. The molecule has 0 saturated carbocycles. The molecule has 0 N–H and O–H groups in total. The van der Waals surface area contributed by atoms with Gasteiger partial charge in [0.1, 0.15) is 0 Å². The van der Waals surface area contributed by atoms with E-state index in [1.807, 2.05) is 0 Å². The van der Waals surface area contributed by atoms with Crippen molar-refractivity contribution in [3.8, 4) is 11.5 Å². The SMILES string of the molecule is C=CC1=CC(=O)CCC1Cc1ccc(C(C)C)c(OC)c1OC. The van der Waals surface area contributed by atoms with Crippen molar-refractivity contribution in [1.82, 2.24) is 0 Å². The number of hydrogen-bond acceptors (Lipinski definition) is 3. The lowest BCUT2D eigenvalue weighted by molar-refractivity contribution is -0.115. The van der Waals surface area contributed by atoms with Gasteiger partial charge in [-0.25, -0.2) is 0 Å². The van der Waals surface area contributed by atoms with Crippen LogP contribution in [0.25, 0.3) is 0 Å². The third-order valence-electron chi connectivity index (χ3n) is 4.49. The second-order valence-corrected chi connectivity index (χ2v) is 6.29. The number of methoxy groups -OCH3 is 2. The molecule has 1 aliphatic rings. The topological polar surface area (TPSA) is 35.5 Å². The summed E-state index contributed by atoms with van der Waals surface area (Å²) in [5.74, 6) is 2.48. The van der Waals surface area contributed by atoms with Crippen LogP contribution in [-0.4, -0.2) is 20.0 Å². The first kappa shape index (κ1) is 17.3. The first-order valence-electron chi connectivity index (χ1n) is 8.12. The molecule has 0 radical (unpaired) electrons. The summed E-state index contributed by atoms with van der Waals surface area (Å²) in [4.78, 5) is 11.6. The van der Waals surface area contributed by atoms with Crippen LogP contribution in [0.5, 0.6) is 11.5 Å². The predicted molar refractivity (Wildman–Crippen MR) is 93.4 cm³/mol. The molecule has 1 aliphatic carbocycles. The molecule has 1 aromatic rings. The summed E-state index contributed by atoms with van der Waals surface area (Å²) in [5.41, 5.74) is 3.28. The Balaban J connectivity index is 2.38. The minimum atomic E-state index is 0.191. The molecular formula is C20H26O3. The molecule has 2 rings (SSSR count). The molecule has 1 unspecified atom stereocenters. The fraction of sp³-hybridized carbons (Fsp3) is 0.450. The Morgan fingerprint density at radius 3 is 2.52 bits per heavy atom. The van der Waals surface area contributed by atoms with Gasteiger partial charge in [0.2, 0.25) is 0 Å². The number of hydrogen-bond donors (Lipinski definition) is 0. The van der Waals surface area contributed by atoms with Crippen molar-refractivity contribution >= 4 is 5.78 Å². The maximum absolute atomic E-state index is 11.6. The molecule has 23 heavy (non-hydrogen) atoms. The fourth-order valence-corrected chi connectivity index (χ4v) is 3.24. The van der Waals surface area contributed by atoms with Crippen molar-refractivity contribution in [3.63, 3.8) is 0 Å². The van der Waals surface area contributed by atoms with Crippen molar-refractivity contribution in [2.75, 3.05) is 14.2 Å². The van der Waals surface area contributed by atoms with Crippen LogP contribution in [0.4, 0.5) is 0 Å². The van der Waals surface area contributed by atoms with Gasteiger partial charge in [-0.15, -0.1) is 0 Å². The number of rotatable bonds is 6. The van der Waals surface area contributed by atoms with E-state index in [1.54, 1.807) is 26.4 Å². The molecule has 0 spiro atoms. The van der Waals surface area contributed by atoms with Gasteiger partial charge in [0, 0.05) is 12.0 Å². The quantitative estimate of drug-likeness (QED) is 0.777. The van der Waals surface area contributed by atoms with Crippen molar-refractivity contribution in [3.05, 3.63) is 47.6 Å². The van der Waals surface area contributed by atoms with E-state index in [0.29, 0.717) is 18.3 Å². The summed E-state index contributed by atoms with van der Waals surface area (Å²) in [6.07, 6.45) is 5.81. The lowest BCUT2D eigenvalue weighted by Gasteiger charge is -2.24. The zero-order chi connectivity index (χ0) is 17.0. The van der Waals surface area contributed by atoms with E-state index in [-0.39, 0.29) is 5.78 Å². The Hall–Kier alpha value is -2.03. The number of benzene rings is 1. The van der Waals surface area contributed by atoms with E-state index in [4.69, 9.17) is 9.47 Å². The van der Waals surface area contributed by atoms with Gasteiger partial charge in [0.05, 0.1) is 14.2 Å². The second kappa shape index (κ2) is 7.49.